The molecule has 0 aromatic rings. The third-order valence-electron chi connectivity index (χ3n) is 1.73. The van der Waals surface area contributed by atoms with Crippen LogP contribution in [0.15, 0.2) is 12.4 Å². The Morgan fingerprint density at radius 3 is 2.45 bits per heavy atom. The smallest absolute Gasteiger partial charge is 0.205 e. The zero-order chi connectivity index (χ0) is 8.27. The highest BCUT2D eigenvalue weighted by Crippen LogP contribution is 2.11. The largest absolute Gasteiger partial charge is 0.314 e. The second kappa shape index (κ2) is 3.78. The van der Waals surface area contributed by atoms with Crippen molar-refractivity contribution >= 4 is 0 Å². The summed E-state index contributed by atoms with van der Waals surface area (Å²) in [6, 6.07) is 0. The molecule has 0 saturated carbocycles. The summed E-state index contributed by atoms with van der Waals surface area (Å²) in [5.41, 5.74) is 0. The van der Waals surface area contributed by atoms with Crippen LogP contribution in [0.5, 0.6) is 0 Å². The van der Waals surface area contributed by atoms with Crippen molar-refractivity contribution in [1.82, 2.24) is 10.2 Å². The monoisotopic (exact) mass is 162 g/mol. The number of hydrogen-bond donors (Lipinski definition) is 1. The fraction of sp³-hybridized carbons (Fsp3) is 0.714. The van der Waals surface area contributed by atoms with Gasteiger partial charge in [0.2, 0.25) is 6.30 Å². The SMILES string of the molecule is C=C(F)C(F)N1CCNCC1. The van der Waals surface area contributed by atoms with Crippen LogP contribution in [0.1, 0.15) is 0 Å². The van der Waals surface area contributed by atoms with E-state index < -0.39 is 12.1 Å². The summed E-state index contributed by atoms with van der Waals surface area (Å²) in [6.45, 7) is 5.45. The molecule has 1 heterocycles. The first kappa shape index (κ1) is 8.62. The van der Waals surface area contributed by atoms with E-state index in [2.05, 4.69) is 11.9 Å². The van der Waals surface area contributed by atoms with Crippen LogP contribution < -0.4 is 5.32 Å². The summed E-state index contributed by atoms with van der Waals surface area (Å²) in [5.74, 6) is -0.896. The normalized spacial score (nSPS) is 23.1. The number of hydrogen-bond acceptors (Lipinski definition) is 2. The third-order valence-corrected chi connectivity index (χ3v) is 1.73. The van der Waals surface area contributed by atoms with E-state index in [1.807, 2.05) is 0 Å². The van der Waals surface area contributed by atoms with Crippen LogP contribution in [-0.2, 0) is 0 Å². The second-order valence-corrected chi connectivity index (χ2v) is 2.57. The van der Waals surface area contributed by atoms with Crippen molar-refractivity contribution in [2.45, 2.75) is 6.30 Å². The van der Waals surface area contributed by atoms with Crippen molar-refractivity contribution in [2.75, 3.05) is 26.2 Å². The van der Waals surface area contributed by atoms with E-state index in [0.29, 0.717) is 26.2 Å². The quantitative estimate of drug-likeness (QED) is 0.600. The first-order valence-corrected chi connectivity index (χ1v) is 3.65. The van der Waals surface area contributed by atoms with Gasteiger partial charge in [0.05, 0.1) is 0 Å². The average Bonchev–Trinajstić information content (AvgIpc) is 2.05. The van der Waals surface area contributed by atoms with E-state index in [1.165, 1.54) is 4.90 Å². The molecule has 1 aliphatic rings. The number of nitrogens with one attached hydrogen (secondary N) is 1. The first-order valence-electron chi connectivity index (χ1n) is 3.65. The third kappa shape index (κ3) is 2.24. The number of rotatable bonds is 2. The maximum absolute atomic E-state index is 12.8. The van der Waals surface area contributed by atoms with E-state index in [9.17, 15) is 8.78 Å². The lowest BCUT2D eigenvalue weighted by Crippen LogP contribution is -2.47. The minimum atomic E-state index is -1.61. The molecule has 1 N–H and O–H groups in total. The van der Waals surface area contributed by atoms with Crippen molar-refractivity contribution in [3.63, 3.8) is 0 Å². The van der Waals surface area contributed by atoms with Crippen LogP contribution in [0.2, 0.25) is 0 Å². The number of piperazine rings is 1. The highest BCUT2D eigenvalue weighted by Gasteiger charge is 2.21. The lowest BCUT2D eigenvalue weighted by atomic mass is 10.3. The lowest BCUT2D eigenvalue weighted by Gasteiger charge is -2.28. The van der Waals surface area contributed by atoms with Gasteiger partial charge in [-0.1, -0.05) is 6.58 Å². The van der Waals surface area contributed by atoms with Crippen LogP contribution in [0.25, 0.3) is 0 Å². The number of alkyl halides is 1. The molecule has 4 heteroatoms. The fourth-order valence-corrected chi connectivity index (χ4v) is 1.11. The van der Waals surface area contributed by atoms with Gasteiger partial charge in [0, 0.05) is 26.2 Å². The van der Waals surface area contributed by atoms with Crippen molar-refractivity contribution in [3.05, 3.63) is 12.4 Å². The molecule has 1 saturated heterocycles. The van der Waals surface area contributed by atoms with Crippen LogP contribution in [0.3, 0.4) is 0 Å². The zero-order valence-electron chi connectivity index (χ0n) is 6.32. The van der Waals surface area contributed by atoms with Crippen LogP contribution >= 0.6 is 0 Å². The standard InChI is InChI=1S/C7H12F2N2/c1-6(8)7(9)11-4-2-10-3-5-11/h7,10H,1-5H2. The van der Waals surface area contributed by atoms with E-state index in [1.54, 1.807) is 0 Å². The Morgan fingerprint density at radius 1 is 1.45 bits per heavy atom. The fourth-order valence-electron chi connectivity index (χ4n) is 1.11. The molecule has 0 radical (unpaired) electrons. The van der Waals surface area contributed by atoms with E-state index >= 15 is 0 Å². The molecule has 0 aliphatic carbocycles. The van der Waals surface area contributed by atoms with Crippen molar-refractivity contribution in [3.8, 4) is 0 Å². The summed E-state index contributed by atoms with van der Waals surface area (Å²) in [7, 11) is 0. The number of halogens is 2. The number of nitrogens with zero attached hydrogens (tertiary/aromatic N) is 1. The molecule has 1 unspecified atom stereocenters. The lowest BCUT2D eigenvalue weighted by molar-refractivity contribution is 0.0810. The molecular formula is C7H12F2N2. The Kier molecular flexibility index (Phi) is 2.96. The summed E-state index contributed by atoms with van der Waals surface area (Å²) in [5, 5.41) is 3.05. The van der Waals surface area contributed by atoms with Gasteiger partial charge in [0.15, 0.2) is 0 Å². The van der Waals surface area contributed by atoms with Crippen molar-refractivity contribution in [2.24, 2.45) is 0 Å². The highest BCUT2D eigenvalue weighted by atomic mass is 19.2. The van der Waals surface area contributed by atoms with Gasteiger partial charge in [-0.2, -0.15) is 0 Å². The highest BCUT2D eigenvalue weighted by molar-refractivity contribution is 4.91. The van der Waals surface area contributed by atoms with Gasteiger partial charge in [-0.25, -0.2) is 8.78 Å². The molecule has 1 fully saturated rings. The topological polar surface area (TPSA) is 15.3 Å². The summed E-state index contributed by atoms with van der Waals surface area (Å²) in [4.78, 5) is 1.43. The molecule has 1 atom stereocenters. The van der Waals surface area contributed by atoms with Gasteiger partial charge in [0.1, 0.15) is 5.83 Å². The predicted molar refractivity (Wildman–Crippen MR) is 39.6 cm³/mol. The molecule has 0 bridgehead atoms. The molecule has 1 aliphatic heterocycles. The summed E-state index contributed by atoms with van der Waals surface area (Å²) in [6.07, 6.45) is -1.61. The van der Waals surface area contributed by atoms with Crippen LogP contribution in [0, 0.1) is 0 Å². The van der Waals surface area contributed by atoms with Crippen molar-refractivity contribution < 1.29 is 8.78 Å². The van der Waals surface area contributed by atoms with Crippen LogP contribution in [-0.4, -0.2) is 37.4 Å². The molecule has 0 spiro atoms. The van der Waals surface area contributed by atoms with E-state index in [-0.39, 0.29) is 0 Å². The Balaban J connectivity index is 2.38. The van der Waals surface area contributed by atoms with Gasteiger partial charge in [-0.15, -0.1) is 0 Å². The van der Waals surface area contributed by atoms with Gasteiger partial charge in [-0.05, 0) is 0 Å². The minimum Gasteiger partial charge on any atom is -0.314 e. The van der Waals surface area contributed by atoms with Crippen LogP contribution in [0.4, 0.5) is 8.78 Å². The molecule has 0 amide bonds. The Hall–Kier alpha value is -0.480. The maximum Gasteiger partial charge on any atom is 0.205 e. The van der Waals surface area contributed by atoms with Gasteiger partial charge < -0.3 is 5.32 Å². The van der Waals surface area contributed by atoms with E-state index in [0.717, 1.165) is 0 Å². The molecule has 11 heavy (non-hydrogen) atoms. The first-order chi connectivity index (χ1) is 5.22. The zero-order valence-corrected chi connectivity index (χ0v) is 6.32. The predicted octanol–water partition coefficient (Wildman–Crippen LogP) is 0.670. The summed E-state index contributed by atoms with van der Waals surface area (Å²) < 4.78 is 25.1. The molecular weight excluding hydrogens is 150 g/mol. The van der Waals surface area contributed by atoms with Gasteiger partial charge in [0.25, 0.3) is 0 Å². The Labute approximate surface area is 64.9 Å². The van der Waals surface area contributed by atoms with Crippen molar-refractivity contribution in [1.29, 1.82) is 0 Å². The maximum atomic E-state index is 12.8. The molecule has 64 valence electrons. The summed E-state index contributed by atoms with van der Waals surface area (Å²) >= 11 is 0. The molecule has 0 aromatic heterocycles. The minimum absolute atomic E-state index is 0.546. The Morgan fingerprint density at radius 2 is 2.00 bits per heavy atom. The molecule has 1 rings (SSSR count). The molecule has 2 nitrogen and oxygen atoms in total. The Bertz CT molecular complexity index is 143. The van der Waals surface area contributed by atoms with E-state index in [4.69, 9.17) is 0 Å². The average molecular weight is 162 g/mol. The van der Waals surface area contributed by atoms with Gasteiger partial charge >= 0.3 is 0 Å². The second-order valence-electron chi connectivity index (χ2n) is 2.57. The molecule has 0 aromatic carbocycles. The van der Waals surface area contributed by atoms with Gasteiger partial charge in [-0.3, -0.25) is 4.90 Å².